The summed E-state index contributed by atoms with van der Waals surface area (Å²) >= 11 is 1.95. The first-order chi connectivity index (χ1) is 9.88. The lowest BCUT2D eigenvalue weighted by molar-refractivity contribution is 0.236. The van der Waals surface area contributed by atoms with E-state index >= 15 is 0 Å². The van der Waals surface area contributed by atoms with Gasteiger partial charge in [0, 0.05) is 17.5 Å². The van der Waals surface area contributed by atoms with Crippen LogP contribution in [0.15, 0.2) is 54.6 Å². The second-order valence-corrected chi connectivity index (χ2v) is 6.11. The molecular formula is C17H19NOS. The molecule has 2 atom stereocenters. The molecular weight excluding hydrogens is 266 g/mol. The van der Waals surface area contributed by atoms with Crippen LogP contribution in [0.4, 0.5) is 0 Å². The number of aliphatic hydroxyl groups excluding tert-OH is 1. The van der Waals surface area contributed by atoms with Crippen molar-refractivity contribution in [3.05, 3.63) is 71.3 Å². The van der Waals surface area contributed by atoms with Crippen molar-refractivity contribution in [3.8, 4) is 0 Å². The summed E-state index contributed by atoms with van der Waals surface area (Å²) in [5, 5.41) is 13.3. The molecule has 104 valence electrons. The molecule has 0 amide bonds. The van der Waals surface area contributed by atoms with Crippen molar-refractivity contribution in [2.75, 3.05) is 12.4 Å². The van der Waals surface area contributed by atoms with E-state index in [1.807, 2.05) is 30.0 Å². The molecule has 0 saturated carbocycles. The molecule has 0 radical (unpaired) electrons. The SMILES string of the molecule is OCC(NC1CSCc2ccccc21)c1ccccc1. The zero-order valence-electron chi connectivity index (χ0n) is 11.3. The fraction of sp³-hybridized carbons (Fsp3) is 0.294. The molecule has 0 bridgehead atoms. The topological polar surface area (TPSA) is 32.3 Å². The molecule has 2 aromatic rings. The monoisotopic (exact) mass is 285 g/mol. The summed E-state index contributed by atoms with van der Waals surface area (Å²) in [5.41, 5.74) is 3.93. The van der Waals surface area contributed by atoms with Gasteiger partial charge in [-0.05, 0) is 16.7 Å². The Balaban J connectivity index is 1.81. The quantitative estimate of drug-likeness (QED) is 0.904. The van der Waals surface area contributed by atoms with Crippen molar-refractivity contribution in [1.29, 1.82) is 0 Å². The van der Waals surface area contributed by atoms with Gasteiger partial charge in [-0.2, -0.15) is 11.8 Å². The van der Waals surface area contributed by atoms with Crippen LogP contribution < -0.4 is 5.32 Å². The Bertz CT molecular complexity index is 558. The highest BCUT2D eigenvalue weighted by atomic mass is 32.2. The van der Waals surface area contributed by atoms with Gasteiger partial charge in [0.1, 0.15) is 0 Å². The summed E-state index contributed by atoms with van der Waals surface area (Å²) in [6.45, 7) is 0.118. The molecule has 0 spiro atoms. The molecule has 0 saturated heterocycles. The van der Waals surface area contributed by atoms with Crippen molar-refractivity contribution < 1.29 is 5.11 Å². The largest absolute Gasteiger partial charge is 0.394 e. The zero-order valence-corrected chi connectivity index (χ0v) is 12.1. The summed E-state index contributed by atoms with van der Waals surface area (Å²) in [7, 11) is 0. The van der Waals surface area contributed by atoms with Crippen LogP contribution in [0.1, 0.15) is 28.8 Å². The maximum absolute atomic E-state index is 9.69. The van der Waals surface area contributed by atoms with E-state index in [4.69, 9.17) is 0 Å². The van der Waals surface area contributed by atoms with Gasteiger partial charge < -0.3 is 10.4 Å². The van der Waals surface area contributed by atoms with Crippen LogP contribution in [0.3, 0.4) is 0 Å². The number of rotatable bonds is 4. The van der Waals surface area contributed by atoms with Crippen LogP contribution in [0.5, 0.6) is 0 Å². The highest BCUT2D eigenvalue weighted by Gasteiger charge is 2.23. The van der Waals surface area contributed by atoms with Crippen LogP contribution in [-0.4, -0.2) is 17.5 Å². The predicted molar refractivity (Wildman–Crippen MR) is 84.7 cm³/mol. The van der Waals surface area contributed by atoms with Crippen LogP contribution in [0.25, 0.3) is 0 Å². The van der Waals surface area contributed by atoms with E-state index in [9.17, 15) is 5.11 Å². The number of benzene rings is 2. The molecule has 0 aromatic heterocycles. The number of nitrogens with one attached hydrogen (secondary N) is 1. The maximum Gasteiger partial charge on any atom is 0.0626 e. The minimum atomic E-state index is -0.00652. The zero-order chi connectivity index (χ0) is 13.8. The molecule has 2 unspecified atom stereocenters. The van der Waals surface area contributed by atoms with Crippen LogP contribution in [-0.2, 0) is 5.75 Å². The summed E-state index contributed by atoms with van der Waals surface area (Å²) < 4.78 is 0. The van der Waals surface area contributed by atoms with Gasteiger partial charge in [0.05, 0.1) is 12.6 Å². The molecule has 1 heterocycles. The summed E-state index contributed by atoms with van der Waals surface area (Å²) in [6.07, 6.45) is 0. The summed E-state index contributed by atoms with van der Waals surface area (Å²) in [4.78, 5) is 0. The Kier molecular flexibility index (Phi) is 4.41. The number of aliphatic hydroxyl groups is 1. The van der Waals surface area contributed by atoms with Crippen LogP contribution >= 0.6 is 11.8 Å². The van der Waals surface area contributed by atoms with E-state index in [1.54, 1.807) is 0 Å². The minimum Gasteiger partial charge on any atom is -0.394 e. The molecule has 20 heavy (non-hydrogen) atoms. The van der Waals surface area contributed by atoms with E-state index in [1.165, 1.54) is 11.1 Å². The number of fused-ring (bicyclic) bond motifs is 1. The summed E-state index contributed by atoms with van der Waals surface area (Å²) in [6, 6.07) is 19.1. The fourth-order valence-electron chi connectivity index (χ4n) is 2.70. The Morgan fingerprint density at radius 3 is 2.65 bits per heavy atom. The van der Waals surface area contributed by atoms with E-state index in [-0.39, 0.29) is 12.6 Å². The third-order valence-corrected chi connectivity index (χ3v) is 4.84. The average Bonchev–Trinajstić information content (AvgIpc) is 2.53. The number of hydrogen-bond acceptors (Lipinski definition) is 3. The lowest BCUT2D eigenvalue weighted by atomic mass is 9.99. The number of thioether (sulfide) groups is 1. The molecule has 2 aromatic carbocycles. The van der Waals surface area contributed by atoms with Gasteiger partial charge in [-0.1, -0.05) is 54.6 Å². The molecule has 3 rings (SSSR count). The summed E-state index contributed by atoms with van der Waals surface area (Å²) in [5.74, 6) is 2.14. The van der Waals surface area contributed by atoms with Crippen molar-refractivity contribution >= 4 is 11.8 Å². The molecule has 2 nitrogen and oxygen atoms in total. The van der Waals surface area contributed by atoms with Gasteiger partial charge >= 0.3 is 0 Å². The fourth-order valence-corrected chi connectivity index (χ4v) is 3.81. The third kappa shape index (κ3) is 2.90. The van der Waals surface area contributed by atoms with Crippen molar-refractivity contribution in [1.82, 2.24) is 5.32 Å². The second-order valence-electron chi connectivity index (χ2n) is 5.08. The number of hydrogen-bond donors (Lipinski definition) is 2. The molecule has 0 fully saturated rings. The average molecular weight is 285 g/mol. The maximum atomic E-state index is 9.69. The molecule has 2 N–H and O–H groups in total. The smallest absolute Gasteiger partial charge is 0.0626 e. The van der Waals surface area contributed by atoms with E-state index in [0.29, 0.717) is 6.04 Å². The minimum absolute atomic E-state index is 0.00652. The van der Waals surface area contributed by atoms with Gasteiger partial charge in [-0.25, -0.2) is 0 Å². The van der Waals surface area contributed by atoms with Crippen LogP contribution in [0.2, 0.25) is 0 Å². The predicted octanol–water partition coefficient (Wildman–Crippen LogP) is 3.30. The third-order valence-electron chi connectivity index (χ3n) is 3.76. The van der Waals surface area contributed by atoms with Gasteiger partial charge in [-0.3, -0.25) is 0 Å². The Morgan fingerprint density at radius 1 is 1.10 bits per heavy atom. The first kappa shape index (κ1) is 13.7. The van der Waals surface area contributed by atoms with Gasteiger partial charge in [0.25, 0.3) is 0 Å². The highest BCUT2D eigenvalue weighted by molar-refractivity contribution is 7.98. The Hall–Kier alpha value is -1.29. The Morgan fingerprint density at radius 2 is 1.85 bits per heavy atom. The molecule has 3 heteroatoms. The standard InChI is InChI=1S/C17H19NOS/c19-10-16(13-6-2-1-3-7-13)18-17-12-20-11-14-8-4-5-9-15(14)17/h1-9,16-19H,10-12H2. The lowest BCUT2D eigenvalue weighted by Crippen LogP contribution is -2.32. The van der Waals surface area contributed by atoms with Gasteiger partial charge in [0.15, 0.2) is 0 Å². The van der Waals surface area contributed by atoms with Crippen LogP contribution in [0, 0.1) is 0 Å². The van der Waals surface area contributed by atoms with Gasteiger partial charge in [0.2, 0.25) is 0 Å². The normalized spacial score (nSPS) is 19.4. The first-order valence-corrected chi connectivity index (χ1v) is 8.11. The highest BCUT2D eigenvalue weighted by Crippen LogP contribution is 2.33. The lowest BCUT2D eigenvalue weighted by Gasteiger charge is -2.30. The second kappa shape index (κ2) is 6.44. The molecule has 1 aliphatic heterocycles. The molecule has 1 aliphatic rings. The van der Waals surface area contributed by atoms with Crippen molar-refractivity contribution in [3.63, 3.8) is 0 Å². The van der Waals surface area contributed by atoms with Gasteiger partial charge in [-0.15, -0.1) is 0 Å². The van der Waals surface area contributed by atoms with E-state index in [2.05, 4.69) is 41.7 Å². The molecule has 0 aliphatic carbocycles. The Labute approximate surface area is 124 Å². The van der Waals surface area contributed by atoms with Crippen molar-refractivity contribution in [2.45, 2.75) is 17.8 Å². The van der Waals surface area contributed by atoms with E-state index in [0.717, 1.165) is 17.1 Å². The van der Waals surface area contributed by atoms with Crippen molar-refractivity contribution in [2.24, 2.45) is 0 Å². The van der Waals surface area contributed by atoms with E-state index < -0.39 is 0 Å². The first-order valence-electron chi connectivity index (χ1n) is 6.96.